The van der Waals surface area contributed by atoms with Gasteiger partial charge in [0.15, 0.2) is 0 Å². The summed E-state index contributed by atoms with van der Waals surface area (Å²) in [4.78, 5) is 0. The zero-order valence-electron chi connectivity index (χ0n) is 20.6. The molecule has 0 heterocycles. The molecular formula is C36H30. The van der Waals surface area contributed by atoms with E-state index in [0.29, 0.717) is 35.5 Å². The highest BCUT2D eigenvalue weighted by atomic mass is 14.5. The highest BCUT2D eigenvalue weighted by Crippen LogP contribution is 2.64. The first-order valence-electron chi connectivity index (χ1n) is 14.3. The molecule has 6 atom stereocenters. The van der Waals surface area contributed by atoms with Crippen molar-refractivity contribution in [1.29, 1.82) is 0 Å². The van der Waals surface area contributed by atoms with Gasteiger partial charge in [0.2, 0.25) is 0 Å². The average Bonchev–Trinajstić information content (AvgIpc) is 3.51. The van der Waals surface area contributed by atoms with Crippen molar-refractivity contribution in [2.45, 2.75) is 74.0 Å². The van der Waals surface area contributed by atoms with E-state index in [4.69, 9.17) is 0 Å². The lowest BCUT2D eigenvalue weighted by Gasteiger charge is -2.40. The topological polar surface area (TPSA) is 0 Å². The maximum atomic E-state index is 2.47. The largest absolute Gasteiger partial charge is 0.0620 e. The molecule has 0 nitrogen and oxygen atoms in total. The Hall–Kier alpha value is -3.12. The maximum Gasteiger partial charge on any atom is 0.0104 e. The predicted octanol–water partition coefficient (Wildman–Crippen LogP) is 8.21. The quantitative estimate of drug-likeness (QED) is 0.247. The zero-order valence-corrected chi connectivity index (χ0v) is 20.6. The molecule has 0 radical (unpaired) electrons. The first-order chi connectivity index (χ1) is 17.8. The fourth-order valence-electron chi connectivity index (χ4n) is 10.3. The molecular weight excluding hydrogens is 432 g/mol. The highest BCUT2D eigenvalue weighted by molar-refractivity contribution is 5.69. The van der Waals surface area contributed by atoms with E-state index in [1.807, 2.05) is 0 Å². The van der Waals surface area contributed by atoms with Crippen molar-refractivity contribution in [1.82, 2.24) is 0 Å². The zero-order chi connectivity index (χ0) is 23.1. The van der Waals surface area contributed by atoms with Crippen molar-refractivity contribution < 1.29 is 0 Å². The molecule has 6 aliphatic rings. The molecule has 10 rings (SSSR count). The molecule has 0 aromatic heterocycles. The van der Waals surface area contributed by atoms with Crippen LogP contribution in [0, 0.1) is 0 Å². The van der Waals surface area contributed by atoms with Crippen LogP contribution in [0.2, 0.25) is 0 Å². The number of rotatable bonds is 0. The molecule has 0 aliphatic heterocycles. The van der Waals surface area contributed by atoms with E-state index in [1.165, 1.54) is 38.5 Å². The predicted molar refractivity (Wildman–Crippen MR) is 144 cm³/mol. The van der Waals surface area contributed by atoms with E-state index in [-0.39, 0.29) is 0 Å². The monoisotopic (exact) mass is 462 g/mol. The molecule has 0 amide bonds. The molecule has 4 aromatic rings. The van der Waals surface area contributed by atoms with Gasteiger partial charge in [-0.05, 0) is 123 Å². The lowest BCUT2D eigenvalue weighted by Crippen LogP contribution is -2.26. The summed E-state index contributed by atoms with van der Waals surface area (Å²) >= 11 is 0. The Morgan fingerprint density at radius 3 is 0.944 bits per heavy atom. The van der Waals surface area contributed by atoms with Gasteiger partial charge in [-0.15, -0.1) is 0 Å². The molecule has 0 saturated heterocycles. The van der Waals surface area contributed by atoms with Crippen molar-refractivity contribution in [2.75, 3.05) is 0 Å². The minimum Gasteiger partial charge on any atom is -0.0620 e. The van der Waals surface area contributed by atoms with E-state index in [0.717, 1.165) is 0 Å². The standard InChI is InChI=1S/C36H30/c1-4-10-25-22(7-1)19-13-28(25)34-31(16-19)35-29-14-21(24-9-2-5-11-26(24)29)18-33(35)36-30-15-20(17-32(34)36)23-8-3-6-12-27(23)30/h1-12,19-21,28-30H,13-18H2/t19-,20-,21+,28-,29+,30-/m0/s1. The van der Waals surface area contributed by atoms with Crippen LogP contribution < -0.4 is 0 Å². The van der Waals surface area contributed by atoms with Crippen LogP contribution in [0.1, 0.15) is 122 Å². The van der Waals surface area contributed by atoms with Crippen molar-refractivity contribution >= 4 is 0 Å². The van der Waals surface area contributed by atoms with Gasteiger partial charge >= 0.3 is 0 Å². The Labute approximate surface area is 213 Å². The second-order valence-corrected chi connectivity index (χ2v) is 12.6. The van der Waals surface area contributed by atoms with Crippen LogP contribution in [0.3, 0.4) is 0 Å². The molecule has 36 heavy (non-hydrogen) atoms. The van der Waals surface area contributed by atoms with Crippen molar-refractivity contribution in [3.63, 3.8) is 0 Å². The molecule has 0 spiro atoms. The van der Waals surface area contributed by atoms with Gasteiger partial charge in [-0.3, -0.25) is 0 Å². The Morgan fingerprint density at radius 2 is 0.639 bits per heavy atom. The normalized spacial score (nSPS) is 30.7. The third kappa shape index (κ3) is 2.13. The second kappa shape index (κ2) is 6.41. The van der Waals surface area contributed by atoms with Crippen molar-refractivity contribution in [3.05, 3.63) is 140 Å². The van der Waals surface area contributed by atoms with E-state index >= 15 is 0 Å². The Balaban J connectivity index is 1.31. The lowest BCUT2D eigenvalue weighted by atomic mass is 9.64. The van der Waals surface area contributed by atoms with Gasteiger partial charge < -0.3 is 0 Å². The molecule has 0 heteroatoms. The van der Waals surface area contributed by atoms with Gasteiger partial charge in [-0.2, -0.15) is 0 Å². The Bertz CT molecular complexity index is 1420. The summed E-state index contributed by atoms with van der Waals surface area (Å²) in [6.07, 6.45) is 7.81. The van der Waals surface area contributed by atoms with Gasteiger partial charge in [0.25, 0.3) is 0 Å². The number of fused-ring (bicyclic) bond motifs is 24. The molecule has 174 valence electrons. The number of hydrogen-bond donors (Lipinski definition) is 0. The van der Waals surface area contributed by atoms with Crippen LogP contribution in [0.15, 0.2) is 72.8 Å². The molecule has 0 unspecified atom stereocenters. The highest BCUT2D eigenvalue weighted by Gasteiger charge is 2.49. The fraction of sp³-hybridized carbons (Fsp3) is 0.333. The van der Waals surface area contributed by atoms with Crippen LogP contribution in [-0.2, 0) is 19.3 Å². The third-order valence-corrected chi connectivity index (χ3v) is 11.3. The second-order valence-electron chi connectivity index (χ2n) is 12.6. The van der Waals surface area contributed by atoms with Crippen molar-refractivity contribution in [2.24, 2.45) is 0 Å². The number of hydrogen-bond acceptors (Lipinski definition) is 0. The lowest BCUT2D eigenvalue weighted by molar-refractivity contribution is 0.520. The smallest absolute Gasteiger partial charge is 0.0104 e. The van der Waals surface area contributed by atoms with Crippen LogP contribution in [-0.4, -0.2) is 0 Å². The van der Waals surface area contributed by atoms with Gasteiger partial charge in [-0.1, -0.05) is 72.8 Å². The van der Waals surface area contributed by atoms with E-state index < -0.39 is 0 Å². The first-order valence-corrected chi connectivity index (χ1v) is 14.3. The van der Waals surface area contributed by atoms with Crippen molar-refractivity contribution in [3.8, 4) is 0 Å². The third-order valence-electron chi connectivity index (χ3n) is 11.3. The maximum absolute atomic E-state index is 2.47. The summed E-state index contributed by atoms with van der Waals surface area (Å²) in [7, 11) is 0. The molecule has 6 bridgehead atoms. The van der Waals surface area contributed by atoms with Gasteiger partial charge in [0, 0.05) is 17.8 Å². The van der Waals surface area contributed by atoms with Crippen LogP contribution >= 0.6 is 0 Å². The van der Waals surface area contributed by atoms with Crippen LogP contribution in [0.5, 0.6) is 0 Å². The van der Waals surface area contributed by atoms with Crippen LogP contribution in [0.25, 0.3) is 0 Å². The molecule has 0 N–H and O–H groups in total. The summed E-state index contributed by atoms with van der Waals surface area (Å²) in [6, 6.07) is 28.5. The minimum atomic E-state index is 0.615. The van der Waals surface area contributed by atoms with Crippen LogP contribution in [0.4, 0.5) is 0 Å². The van der Waals surface area contributed by atoms with Gasteiger partial charge in [-0.25, -0.2) is 0 Å². The summed E-state index contributed by atoms with van der Waals surface area (Å²) in [5, 5.41) is 0. The fourth-order valence-corrected chi connectivity index (χ4v) is 10.3. The molecule has 4 aromatic carbocycles. The summed E-state index contributed by atoms with van der Waals surface area (Å²) in [5.41, 5.74) is 20.7. The summed E-state index contributed by atoms with van der Waals surface area (Å²) < 4.78 is 0. The first kappa shape index (κ1) is 19.1. The average molecular weight is 463 g/mol. The Kier molecular flexibility index (Phi) is 3.39. The van der Waals surface area contributed by atoms with E-state index in [9.17, 15) is 0 Å². The minimum absolute atomic E-state index is 0.615. The summed E-state index contributed by atoms with van der Waals surface area (Å²) in [6.45, 7) is 0. The summed E-state index contributed by atoms with van der Waals surface area (Å²) in [5.74, 6) is 3.99. The SMILES string of the molecule is c1ccc2c(c1)[C@H]1Cc3c(c4c(c5c3[C@H]3C[C@@H](C5)c5ccccc53)[C@H]3C[C@@H](C4)c4ccccc43)[C@@H]2C1. The van der Waals surface area contributed by atoms with E-state index in [1.54, 1.807) is 66.8 Å². The number of benzene rings is 4. The molecule has 6 aliphatic carbocycles. The molecule has 0 saturated carbocycles. The van der Waals surface area contributed by atoms with Gasteiger partial charge in [0.05, 0.1) is 0 Å². The Morgan fingerprint density at radius 1 is 0.361 bits per heavy atom. The van der Waals surface area contributed by atoms with E-state index in [2.05, 4.69) is 72.8 Å². The van der Waals surface area contributed by atoms with Gasteiger partial charge in [0.1, 0.15) is 0 Å². The molecule has 0 fully saturated rings.